The fraction of sp³-hybridized carbons (Fsp3) is 0.133. The van der Waals surface area contributed by atoms with E-state index in [1.54, 1.807) is 12.1 Å². The lowest BCUT2D eigenvalue weighted by Gasteiger charge is -2.05. The van der Waals surface area contributed by atoms with Crippen LogP contribution in [0.1, 0.15) is 21.9 Å². The zero-order chi connectivity index (χ0) is 14.8. The van der Waals surface area contributed by atoms with Crippen molar-refractivity contribution in [2.45, 2.75) is 13.5 Å². The minimum Gasteiger partial charge on any atom is -0.359 e. The molecule has 2 heterocycles. The summed E-state index contributed by atoms with van der Waals surface area (Å²) in [6.07, 6.45) is 0. The molecule has 5 nitrogen and oxygen atoms in total. The summed E-state index contributed by atoms with van der Waals surface area (Å²) in [5.74, 6) is 0.282. The number of pyridine rings is 1. The average molecular weight is 302 g/mol. The molecule has 0 aliphatic heterocycles. The third-order valence-corrected chi connectivity index (χ3v) is 3.31. The van der Waals surface area contributed by atoms with Crippen molar-refractivity contribution in [3.63, 3.8) is 0 Å². The van der Waals surface area contributed by atoms with Gasteiger partial charge in [-0.2, -0.15) is 0 Å². The Morgan fingerprint density at radius 2 is 2.14 bits per heavy atom. The number of fused-ring (bicyclic) bond motifs is 1. The van der Waals surface area contributed by atoms with Crippen molar-refractivity contribution in [2.24, 2.45) is 0 Å². The molecule has 21 heavy (non-hydrogen) atoms. The van der Waals surface area contributed by atoms with Crippen LogP contribution in [0.4, 0.5) is 0 Å². The number of hydrogen-bond donors (Lipinski definition) is 1. The van der Waals surface area contributed by atoms with Crippen molar-refractivity contribution in [2.75, 3.05) is 0 Å². The van der Waals surface area contributed by atoms with Crippen molar-refractivity contribution >= 4 is 28.3 Å². The van der Waals surface area contributed by atoms with Crippen LogP contribution in [0.15, 0.2) is 40.9 Å². The van der Waals surface area contributed by atoms with Gasteiger partial charge >= 0.3 is 0 Å². The third kappa shape index (κ3) is 2.87. The topological polar surface area (TPSA) is 68.0 Å². The van der Waals surface area contributed by atoms with Crippen LogP contribution in [-0.4, -0.2) is 16.0 Å². The van der Waals surface area contributed by atoms with E-state index in [2.05, 4.69) is 15.5 Å². The number of aromatic nitrogens is 2. The number of rotatable bonds is 3. The summed E-state index contributed by atoms with van der Waals surface area (Å²) in [5, 5.41) is 8.49. The van der Waals surface area contributed by atoms with E-state index in [1.165, 1.54) is 0 Å². The Bertz CT molecular complexity index is 814. The number of benzene rings is 1. The lowest BCUT2D eigenvalue weighted by Crippen LogP contribution is -2.23. The highest BCUT2D eigenvalue weighted by Crippen LogP contribution is 2.22. The maximum atomic E-state index is 12.1. The SMILES string of the molecule is Cc1cc(CNC(=O)c2cc3ccccc3c(Cl)n2)on1. The van der Waals surface area contributed by atoms with Gasteiger partial charge in [-0.15, -0.1) is 0 Å². The number of carbonyl (C=O) groups is 1. The van der Waals surface area contributed by atoms with Crippen LogP contribution >= 0.6 is 11.6 Å². The third-order valence-electron chi connectivity index (χ3n) is 3.03. The molecule has 3 rings (SSSR count). The summed E-state index contributed by atoms with van der Waals surface area (Å²) in [5.41, 5.74) is 1.04. The van der Waals surface area contributed by atoms with Gasteiger partial charge in [-0.05, 0) is 18.4 Å². The normalized spacial score (nSPS) is 10.8. The van der Waals surface area contributed by atoms with Gasteiger partial charge in [0.2, 0.25) is 0 Å². The summed E-state index contributed by atoms with van der Waals surface area (Å²) >= 11 is 6.11. The van der Waals surface area contributed by atoms with Gasteiger partial charge < -0.3 is 9.84 Å². The van der Waals surface area contributed by atoms with Crippen molar-refractivity contribution < 1.29 is 9.32 Å². The van der Waals surface area contributed by atoms with Crippen LogP contribution in [0.2, 0.25) is 5.15 Å². The number of hydrogen-bond acceptors (Lipinski definition) is 4. The Morgan fingerprint density at radius 3 is 2.90 bits per heavy atom. The van der Waals surface area contributed by atoms with E-state index in [0.29, 0.717) is 10.9 Å². The first kappa shape index (κ1) is 13.6. The molecule has 1 amide bonds. The molecule has 0 fully saturated rings. The number of aryl methyl sites for hydroxylation is 1. The number of amides is 1. The van der Waals surface area contributed by atoms with Crippen LogP contribution in [0, 0.1) is 6.92 Å². The van der Waals surface area contributed by atoms with Gasteiger partial charge in [0.1, 0.15) is 10.8 Å². The molecule has 1 N–H and O–H groups in total. The molecule has 0 atom stereocenters. The number of carbonyl (C=O) groups excluding carboxylic acids is 1. The zero-order valence-electron chi connectivity index (χ0n) is 11.3. The molecule has 0 unspecified atom stereocenters. The van der Waals surface area contributed by atoms with Crippen LogP contribution < -0.4 is 5.32 Å². The van der Waals surface area contributed by atoms with Crippen LogP contribution in [0.5, 0.6) is 0 Å². The summed E-state index contributed by atoms with van der Waals surface area (Å²) in [6, 6.07) is 11.0. The van der Waals surface area contributed by atoms with Crippen molar-refractivity contribution in [1.29, 1.82) is 0 Å². The van der Waals surface area contributed by atoms with E-state index < -0.39 is 0 Å². The Labute approximate surface area is 125 Å². The smallest absolute Gasteiger partial charge is 0.270 e. The minimum absolute atomic E-state index is 0.256. The fourth-order valence-electron chi connectivity index (χ4n) is 2.03. The van der Waals surface area contributed by atoms with Gasteiger partial charge in [0.25, 0.3) is 5.91 Å². The molecular weight excluding hydrogens is 290 g/mol. The highest BCUT2D eigenvalue weighted by Gasteiger charge is 2.12. The molecule has 0 radical (unpaired) electrons. The molecule has 0 aliphatic carbocycles. The molecule has 2 aromatic heterocycles. The van der Waals surface area contributed by atoms with Crippen molar-refractivity contribution in [3.8, 4) is 0 Å². The van der Waals surface area contributed by atoms with Gasteiger partial charge in [0.15, 0.2) is 5.76 Å². The minimum atomic E-state index is -0.309. The first-order chi connectivity index (χ1) is 10.1. The van der Waals surface area contributed by atoms with Gasteiger partial charge in [-0.3, -0.25) is 4.79 Å². The van der Waals surface area contributed by atoms with Gasteiger partial charge in [0.05, 0.1) is 12.2 Å². The number of nitrogens with zero attached hydrogens (tertiary/aromatic N) is 2. The molecule has 1 aromatic carbocycles. The van der Waals surface area contributed by atoms with Crippen LogP contribution in [0.3, 0.4) is 0 Å². The first-order valence-corrected chi connectivity index (χ1v) is 6.77. The second-order valence-corrected chi connectivity index (χ2v) is 4.99. The zero-order valence-corrected chi connectivity index (χ0v) is 12.0. The average Bonchev–Trinajstić information content (AvgIpc) is 2.90. The molecule has 3 aromatic rings. The molecular formula is C15H12ClN3O2. The van der Waals surface area contributed by atoms with Crippen LogP contribution in [0.25, 0.3) is 10.8 Å². The molecule has 6 heteroatoms. The number of halogens is 1. The Hall–Kier alpha value is -2.40. The van der Waals surface area contributed by atoms with Crippen molar-refractivity contribution in [3.05, 3.63) is 58.7 Å². The van der Waals surface area contributed by atoms with Gasteiger partial charge in [-0.25, -0.2) is 4.98 Å². The molecule has 0 saturated heterocycles. The van der Waals surface area contributed by atoms with Crippen LogP contribution in [-0.2, 0) is 6.54 Å². The van der Waals surface area contributed by atoms with Crippen molar-refractivity contribution in [1.82, 2.24) is 15.5 Å². The molecule has 106 valence electrons. The Morgan fingerprint density at radius 1 is 1.33 bits per heavy atom. The van der Waals surface area contributed by atoms with E-state index in [1.807, 2.05) is 31.2 Å². The second kappa shape index (κ2) is 5.54. The van der Waals surface area contributed by atoms with Gasteiger partial charge in [-0.1, -0.05) is 41.0 Å². The van der Waals surface area contributed by atoms with E-state index in [-0.39, 0.29) is 18.1 Å². The Balaban J connectivity index is 1.81. The summed E-state index contributed by atoms with van der Waals surface area (Å²) in [7, 11) is 0. The fourth-order valence-corrected chi connectivity index (χ4v) is 2.29. The highest BCUT2D eigenvalue weighted by molar-refractivity contribution is 6.34. The van der Waals surface area contributed by atoms with E-state index in [4.69, 9.17) is 16.1 Å². The Kier molecular flexibility index (Phi) is 3.58. The standard InChI is InChI=1S/C15H12ClN3O2/c1-9-6-11(21-19-9)8-17-15(20)13-7-10-4-2-3-5-12(10)14(16)18-13/h2-7H,8H2,1H3,(H,17,20). The summed E-state index contributed by atoms with van der Waals surface area (Å²) in [4.78, 5) is 16.3. The predicted octanol–water partition coefficient (Wildman–Crippen LogP) is 3.11. The summed E-state index contributed by atoms with van der Waals surface area (Å²) < 4.78 is 5.03. The monoisotopic (exact) mass is 301 g/mol. The first-order valence-electron chi connectivity index (χ1n) is 6.39. The largest absolute Gasteiger partial charge is 0.359 e. The molecule has 0 saturated carbocycles. The summed E-state index contributed by atoms with van der Waals surface area (Å²) in [6.45, 7) is 2.07. The number of nitrogens with one attached hydrogen (secondary N) is 1. The van der Waals surface area contributed by atoms with E-state index >= 15 is 0 Å². The lowest BCUT2D eigenvalue weighted by molar-refractivity contribution is 0.0942. The van der Waals surface area contributed by atoms with E-state index in [9.17, 15) is 4.79 Å². The quantitative estimate of drug-likeness (QED) is 0.755. The van der Waals surface area contributed by atoms with E-state index in [0.717, 1.165) is 16.5 Å². The molecule has 0 bridgehead atoms. The maximum Gasteiger partial charge on any atom is 0.270 e. The highest BCUT2D eigenvalue weighted by atomic mass is 35.5. The predicted molar refractivity (Wildman–Crippen MR) is 79.2 cm³/mol. The second-order valence-electron chi connectivity index (χ2n) is 4.64. The molecule has 0 aliphatic rings. The maximum absolute atomic E-state index is 12.1. The lowest BCUT2D eigenvalue weighted by atomic mass is 10.1. The molecule has 0 spiro atoms. The van der Waals surface area contributed by atoms with Gasteiger partial charge in [0, 0.05) is 11.5 Å².